The summed E-state index contributed by atoms with van der Waals surface area (Å²) in [6, 6.07) is 29.5. The number of likely N-dealkylation sites (tertiary alicyclic amines) is 1. The van der Waals surface area contributed by atoms with Gasteiger partial charge >= 0.3 is 6.09 Å². The lowest BCUT2D eigenvalue weighted by atomic mass is 9.97. The number of primary amides is 1. The lowest BCUT2D eigenvalue weighted by Crippen LogP contribution is -2.38. The molecule has 4 heterocycles. The highest BCUT2D eigenvalue weighted by Crippen LogP contribution is 2.34. The van der Waals surface area contributed by atoms with Crippen LogP contribution in [-0.4, -0.2) is 55.7 Å². The molecule has 1 fully saturated rings. The maximum absolute atomic E-state index is 12.5. The molecule has 1 aliphatic rings. The van der Waals surface area contributed by atoms with Crippen molar-refractivity contribution in [3.8, 4) is 22.4 Å². The molecule has 7 rings (SSSR count). The molecule has 46 heavy (non-hydrogen) atoms. The first kappa shape index (κ1) is 29.1. The average Bonchev–Trinajstić information content (AvgIpc) is 3.46. The number of carbonyl (C=O) groups excluding carboxylic acids is 2. The fourth-order valence-electron chi connectivity index (χ4n) is 5.97. The van der Waals surface area contributed by atoms with Gasteiger partial charge in [-0.15, -0.1) is 0 Å². The molecule has 3 aromatic carbocycles. The number of pyridine rings is 1. The molecule has 10 nitrogen and oxygen atoms in total. The summed E-state index contributed by atoms with van der Waals surface area (Å²) in [4.78, 5) is 36.0. The second-order valence-corrected chi connectivity index (χ2v) is 11.6. The Morgan fingerprint density at radius 1 is 0.935 bits per heavy atom. The Balaban J connectivity index is 1.03. The molecule has 230 valence electrons. The smallest absolute Gasteiger partial charge is 0.411 e. The van der Waals surface area contributed by atoms with Gasteiger partial charge in [0.25, 0.3) is 0 Å². The van der Waals surface area contributed by atoms with Gasteiger partial charge in [0.2, 0.25) is 5.91 Å². The number of nitrogens with two attached hydrogens (primary N) is 1. The number of aromatic nitrogens is 4. The average molecular weight is 612 g/mol. The van der Waals surface area contributed by atoms with Gasteiger partial charge in [0.1, 0.15) is 6.10 Å². The summed E-state index contributed by atoms with van der Waals surface area (Å²) in [5, 5.41) is 8.27. The molecule has 0 spiro atoms. The Morgan fingerprint density at radius 3 is 2.48 bits per heavy atom. The monoisotopic (exact) mass is 611 g/mol. The third-order valence-electron chi connectivity index (χ3n) is 8.30. The normalized spacial score (nSPS) is 14.0. The van der Waals surface area contributed by atoms with Crippen LogP contribution < -0.4 is 11.1 Å². The lowest BCUT2D eigenvalue weighted by Gasteiger charge is -2.31. The van der Waals surface area contributed by atoms with Crippen molar-refractivity contribution in [2.45, 2.75) is 32.4 Å². The van der Waals surface area contributed by atoms with Gasteiger partial charge in [-0.1, -0.05) is 60.7 Å². The maximum Gasteiger partial charge on any atom is 0.411 e. The lowest BCUT2D eigenvalue weighted by molar-refractivity contribution is 0.0567. The minimum atomic E-state index is -0.551. The highest BCUT2D eigenvalue weighted by molar-refractivity contribution is 5.95. The van der Waals surface area contributed by atoms with Crippen LogP contribution in [-0.2, 0) is 11.3 Å². The standard InChI is InChI=1S/C36H33N7O3/c1-23-18-32-38-21-28-20-31(25-6-3-2-4-7-25)33(40-35(28)43(32)41-23)26-12-10-24(11-13-26)22-42-16-14-30(15-17-42)46-36(45)39-29-9-5-8-27(19-29)34(37)44/h2-13,18-21,30H,14-17,22H2,1H3,(H2,37,44)(H,39,45). The summed E-state index contributed by atoms with van der Waals surface area (Å²) >= 11 is 0. The first-order chi connectivity index (χ1) is 22.4. The van der Waals surface area contributed by atoms with Crippen LogP contribution in [0.15, 0.2) is 97.2 Å². The Labute approximate surface area is 265 Å². The van der Waals surface area contributed by atoms with Crippen molar-refractivity contribution in [3.05, 3.63) is 114 Å². The van der Waals surface area contributed by atoms with E-state index in [2.05, 4.69) is 62.8 Å². The van der Waals surface area contributed by atoms with E-state index in [1.807, 2.05) is 41.9 Å². The van der Waals surface area contributed by atoms with E-state index in [1.165, 1.54) is 11.6 Å². The third kappa shape index (κ3) is 6.15. The van der Waals surface area contributed by atoms with Crippen molar-refractivity contribution >= 4 is 34.4 Å². The maximum atomic E-state index is 12.5. The summed E-state index contributed by atoms with van der Waals surface area (Å²) in [5.74, 6) is -0.551. The predicted molar refractivity (Wildman–Crippen MR) is 177 cm³/mol. The number of amides is 2. The summed E-state index contributed by atoms with van der Waals surface area (Å²) < 4.78 is 7.47. The van der Waals surface area contributed by atoms with Gasteiger partial charge in [-0.3, -0.25) is 15.0 Å². The first-order valence-corrected chi connectivity index (χ1v) is 15.3. The summed E-state index contributed by atoms with van der Waals surface area (Å²) in [6.45, 7) is 4.39. The first-order valence-electron chi connectivity index (χ1n) is 15.3. The van der Waals surface area contributed by atoms with Gasteiger partial charge < -0.3 is 10.5 Å². The van der Waals surface area contributed by atoms with Crippen molar-refractivity contribution in [1.82, 2.24) is 24.5 Å². The van der Waals surface area contributed by atoms with Crippen molar-refractivity contribution in [2.75, 3.05) is 18.4 Å². The molecule has 0 aliphatic carbocycles. The molecule has 3 aromatic heterocycles. The number of piperidine rings is 1. The van der Waals surface area contributed by atoms with Crippen LogP contribution in [0.3, 0.4) is 0 Å². The number of nitrogens with zero attached hydrogens (tertiary/aromatic N) is 5. The summed E-state index contributed by atoms with van der Waals surface area (Å²) in [7, 11) is 0. The topological polar surface area (TPSA) is 128 Å². The fraction of sp³-hybridized carbons (Fsp3) is 0.194. The number of anilines is 1. The molecule has 0 radical (unpaired) electrons. The number of hydrogen-bond donors (Lipinski definition) is 2. The Morgan fingerprint density at radius 2 is 1.72 bits per heavy atom. The van der Waals surface area contributed by atoms with Crippen LogP contribution in [0.2, 0.25) is 0 Å². The minimum Gasteiger partial charge on any atom is -0.446 e. The molecule has 2 amide bonds. The van der Waals surface area contributed by atoms with Crippen molar-refractivity contribution in [3.63, 3.8) is 0 Å². The number of hydrogen-bond acceptors (Lipinski definition) is 7. The summed E-state index contributed by atoms with van der Waals surface area (Å²) in [5.41, 5.74) is 13.8. The number of nitrogens with one attached hydrogen (secondary N) is 1. The van der Waals surface area contributed by atoms with E-state index < -0.39 is 12.0 Å². The van der Waals surface area contributed by atoms with Gasteiger partial charge in [0, 0.05) is 59.7 Å². The summed E-state index contributed by atoms with van der Waals surface area (Å²) in [6.07, 6.45) is 2.64. The van der Waals surface area contributed by atoms with E-state index in [9.17, 15) is 9.59 Å². The van der Waals surface area contributed by atoms with Crippen molar-refractivity contribution in [2.24, 2.45) is 5.73 Å². The van der Waals surface area contributed by atoms with Crippen molar-refractivity contribution < 1.29 is 14.3 Å². The van der Waals surface area contributed by atoms with E-state index in [-0.39, 0.29) is 6.10 Å². The highest BCUT2D eigenvalue weighted by atomic mass is 16.6. The zero-order valence-electron chi connectivity index (χ0n) is 25.4. The van der Waals surface area contributed by atoms with Crippen LogP contribution in [0.4, 0.5) is 10.5 Å². The van der Waals surface area contributed by atoms with Gasteiger partial charge in [-0.2, -0.15) is 9.61 Å². The predicted octanol–water partition coefficient (Wildman–Crippen LogP) is 6.23. The zero-order chi connectivity index (χ0) is 31.6. The molecular formula is C36H33N7O3. The number of ether oxygens (including phenoxy) is 1. The van der Waals surface area contributed by atoms with Crippen LogP contribution in [0.1, 0.15) is 34.5 Å². The van der Waals surface area contributed by atoms with Gasteiger partial charge in [-0.25, -0.2) is 14.8 Å². The fourth-order valence-corrected chi connectivity index (χ4v) is 5.97. The highest BCUT2D eigenvalue weighted by Gasteiger charge is 2.23. The Kier molecular flexibility index (Phi) is 7.86. The van der Waals surface area contributed by atoms with Gasteiger partial charge in [0.15, 0.2) is 11.3 Å². The molecule has 0 saturated carbocycles. The van der Waals surface area contributed by atoms with E-state index in [0.29, 0.717) is 11.3 Å². The molecule has 0 unspecified atom stereocenters. The van der Waals surface area contributed by atoms with Gasteiger partial charge in [-0.05, 0) is 55.2 Å². The SMILES string of the molecule is Cc1cc2ncc3cc(-c4ccccc4)c(-c4ccc(CN5CCC(OC(=O)Nc6cccc(C(N)=O)c6)CC5)cc4)nc3n2n1. The quantitative estimate of drug-likeness (QED) is 0.219. The Hall–Kier alpha value is -5.61. The second kappa shape index (κ2) is 12.4. The van der Waals surface area contributed by atoms with E-state index >= 15 is 0 Å². The van der Waals surface area contributed by atoms with E-state index in [4.69, 9.17) is 15.5 Å². The van der Waals surface area contributed by atoms with E-state index in [1.54, 1.807) is 18.2 Å². The molecule has 10 heteroatoms. The minimum absolute atomic E-state index is 0.173. The largest absolute Gasteiger partial charge is 0.446 e. The Bertz CT molecular complexity index is 2050. The number of rotatable bonds is 7. The van der Waals surface area contributed by atoms with Crippen LogP contribution in [0, 0.1) is 6.92 Å². The van der Waals surface area contributed by atoms with Crippen LogP contribution in [0.25, 0.3) is 39.1 Å². The second-order valence-electron chi connectivity index (χ2n) is 11.6. The molecule has 1 saturated heterocycles. The number of carbonyl (C=O) groups is 2. The zero-order valence-corrected chi connectivity index (χ0v) is 25.4. The molecular weight excluding hydrogens is 578 g/mol. The molecule has 3 N–H and O–H groups in total. The molecule has 1 aliphatic heterocycles. The van der Waals surface area contributed by atoms with Gasteiger partial charge in [0.05, 0.1) is 11.4 Å². The third-order valence-corrected chi connectivity index (χ3v) is 8.30. The number of aryl methyl sites for hydroxylation is 1. The van der Waals surface area contributed by atoms with E-state index in [0.717, 1.165) is 77.2 Å². The number of benzene rings is 3. The van der Waals surface area contributed by atoms with Crippen molar-refractivity contribution in [1.29, 1.82) is 0 Å². The van der Waals surface area contributed by atoms with Crippen LogP contribution in [0.5, 0.6) is 0 Å². The van der Waals surface area contributed by atoms with Crippen LogP contribution >= 0.6 is 0 Å². The molecule has 0 atom stereocenters. The number of fused-ring (bicyclic) bond motifs is 3. The molecule has 6 aromatic rings. The molecule has 0 bridgehead atoms.